The van der Waals surface area contributed by atoms with Crippen molar-refractivity contribution in [3.8, 4) is 0 Å². The number of carboxylic acid groups (broad SMARTS) is 1. The Hall–Kier alpha value is -1.59. The van der Waals surface area contributed by atoms with E-state index in [1.165, 1.54) is 13.0 Å². The number of halogens is 4. The molecule has 0 aromatic heterocycles. The van der Waals surface area contributed by atoms with E-state index in [1.807, 2.05) is 0 Å². The average molecular weight is 264 g/mol. The van der Waals surface area contributed by atoms with Crippen LogP contribution < -0.4 is 0 Å². The van der Waals surface area contributed by atoms with Gasteiger partial charge in [0.05, 0.1) is 5.56 Å². The average Bonchev–Trinajstić information content (AvgIpc) is 2.23. The fourth-order valence-corrected chi connectivity index (χ4v) is 1.72. The van der Waals surface area contributed by atoms with E-state index in [2.05, 4.69) is 0 Å². The van der Waals surface area contributed by atoms with Gasteiger partial charge in [0.25, 0.3) is 0 Å². The second-order valence-corrected chi connectivity index (χ2v) is 3.86. The quantitative estimate of drug-likeness (QED) is 0.846. The zero-order valence-corrected chi connectivity index (χ0v) is 9.64. The summed E-state index contributed by atoms with van der Waals surface area (Å²) < 4.78 is 51.3. The van der Waals surface area contributed by atoms with Crippen molar-refractivity contribution in [2.45, 2.75) is 32.4 Å². The van der Waals surface area contributed by atoms with Crippen LogP contribution >= 0.6 is 0 Å². The Labute approximate surface area is 101 Å². The van der Waals surface area contributed by atoms with Crippen LogP contribution in [0.25, 0.3) is 0 Å². The van der Waals surface area contributed by atoms with Gasteiger partial charge in [0.2, 0.25) is 0 Å². The van der Waals surface area contributed by atoms with Crippen LogP contribution in [0, 0.1) is 5.82 Å². The van der Waals surface area contributed by atoms with Gasteiger partial charge >= 0.3 is 12.1 Å². The normalized spacial score (nSPS) is 11.6. The molecule has 100 valence electrons. The highest BCUT2D eigenvalue weighted by Gasteiger charge is 2.36. The largest absolute Gasteiger partial charge is 0.481 e. The molecule has 2 nitrogen and oxygen atoms in total. The monoisotopic (exact) mass is 264 g/mol. The molecule has 0 saturated heterocycles. The smallest absolute Gasteiger partial charge is 0.419 e. The number of alkyl halides is 3. The van der Waals surface area contributed by atoms with Gasteiger partial charge in [-0.1, -0.05) is 13.0 Å². The van der Waals surface area contributed by atoms with E-state index >= 15 is 0 Å². The summed E-state index contributed by atoms with van der Waals surface area (Å²) in [7, 11) is 0. The van der Waals surface area contributed by atoms with Crippen LogP contribution in [-0.2, 0) is 23.8 Å². The lowest BCUT2D eigenvalue weighted by molar-refractivity contribution is -0.140. The third-order valence-corrected chi connectivity index (χ3v) is 2.52. The van der Waals surface area contributed by atoms with Crippen molar-refractivity contribution in [3.63, 3.8) is 0 Å². The van der Waals surface area contributed by atoms with Crippen molar-refractivity contribution >= 4 is 5.97 Å². The van der Waals surface area contributed by atoms with Gasteiger partial charge in [-0.25, -0.2) is 4.39 Å². The number of carbonyl (C=O) groups is 1. The highest BCUT2D eigenvalue weighted by Crippen LogP contribution is 2.35. The van der Waals surface area contributed by atoms with Crippen molar-refractivity contribution in [1.82, 2.24) is 0 Å². The molecule has 0 unspecified atom stereocenters. The molecule has 0 heterocycles. The molecule has 0 aliphatic heterocycles. The molecule has 1 rings (SSSR count). The predicted octanol–water partition coefficient (Wildman–Crippen LogP) is 3.42. The first-order valence-corrected chi connectivity index (χ1v) is 5.36. The molecule has 0 fully saturated rings. The van der Waals surface area contributed by atoms with Gasteiger partial charge in [-0.15, -0.1) is 0 Å². The third kappa shape index (κ3) is 3.45. The lowest BCUT2D eigenvalue weighted by atomic mass is 9.98. The maximum absolute atomic E-state index is 13.5. The van der Waals surface area contributed by atoms with E-state index in [9.17, 15) is 22.4 Å². The minimum Gasteiger partial charge on any atom is -0.481 e. The van der Waals surface area contributed by atoms with E-state index in [-0.39, 0.29) is 30.4 Å². The molecule has 0 atom stereocenters. The number of aryl methyl sites for hydroxylation is 2. The van der Waals surface area contributed by atoms with E-state index in [0.29, 0.717) is 0 Å². The number of rotatable bonds is 4. The van der Waals surface area contributed by atoms with Crippen molar-refractivity contribution < 1.29 is 27.5 Å². The van der Waals surface area contributed by atoms with Crippen LogP contribution in [0.3, 0.4) is 0 Å². The number of hydrogen-bond acceptors (Lipinski definition) is 1. The Morgan fingerprint density at radius 3 is 2.39 bits per heavy atom. The van der Waals surface area contributed by atoms with Crippen molar-refractivity contribution in [2.75, 3.05) is 0 Å². The minimum absolute atomic E-state index is 0.0113. The molecule has 1 aromatic rings. The number of carboxylic acids is 1. The molecule has 0 aliphatic carbocycles. The standard InChI is InChI=1S/C12H12F4O2/c1-2-8-5-7(3-4-10(17)18)6-9(13)11(8)12(14,15)16/h5-6H,2-4H2,1H3,(H,17,18). The van der Waals surface area contributed by atoms with Gasteiger partial charge in [-0.05, 0) is 30.0 Å². The van der Waals surface area contributed by atoms with Crippen LogP contribution in [0.1, 0.15) is 30.0 Å². The van der Waals surface area contributed by atoms with Gasteiger partial charge in [-0.2, -0.15) is 13.2 Å². The van der Waals surface area contributed by atoms with Crippen LogP contribution in [0.5, 0.6) is 0 Å². The van der Waals surface area contributed by atoms with Crippen molar-refractivity contribution in [2.24, 2.45) is 0 Å². The lowest BCUT2D eigenvalue weighted by Crippen LogP contribution is -2.13. The first kappa shape index (κ1) is 14.5. The van der Waals surface area contributed by atoms with Gasteiger partial charge in [0.1, 0.15) is 5.82 Å². The molecule has 18 heavy (non-hydrogen) atoms. The molecular weight excluding hydrogens is 252 g/mol. The number of aliphatic carboxylic acids is 1. The molecule has 6 heteroatoms. The molecule has 0 aliphatic rings. The fraction of sp³-hybridized carbons (Fsp3) is 0.417. The molecule has 0 amide bonds. The van der Waals surface area contributed by atoms with Crippen molar-refractivity contribution in [1.29, 1.82) is 0 Å². The highest BCUT2D eigenvalue weighted by atomic mass is 19.4. The predicted molar refractivity (Wildman–Crippen MR) is 56.7 cm³/mol. The Morgan fingerprint density at radius 1 is 1.33 bits per heavy atom. The summed E-state index contributed by atoms with van der Waals surface area (Å²) in [5, 5.41) is 8.48. The molecule has 0 spiro atoms. The topological polar surface area (TPSA) is 37.3 Å². The van der Waals surface area contributed by atoms with E-state index < -0.39 is 23.5 Å². The SMILES string of the molecule is CCc1cc(CCC(=O)O)cc(F)c1C(F)(F)F. The first-order chi connectivity index (χ1) is 8.25. The second kappa shape index (κ2) is 5.37. The molecule has 1 N–H and O–H groups in total. The minimum atomic E-state index is -4.74. The molecule has 0 saturated carbocycles. The summed E-state index contributed by atoms with van der Waals surface area (Å²) in [6.07, 6.45) is -4.93. The fourth-order valence-electron chi connectivity index (χ4n) is 1.72. The molecule has 0 bridgehead atoms. The van der Waals surface area contributed by atoms with Gasteiger partial charge < -0.3 is 5.11 Å². The number of hydrogen-bond donors (Lipinski definition) is 1. The van der Waals surface area contributed by atoms with E-state index in [0.717, 1.165) is 6.07 Å². The maximum atomic E-state index is 13.5. The van der Waals surface area contributed by atoms with E-state index in [1.54, 1.807) is 0 Å². The molecule has 1 aromatic carbocycles. The Bertz CT molecular complexity index is 452. The van der Waals surface area contributed by atoms with Crippen molar-refractivity contribution in [3.05, 3.63) is 34.6 Å². The Kier molecular flexibility index (Phi) is 4.32. The summed E-state index contributed by atoms with van der Waals surface area (Å²) in [4.78, 5) is 10.4. The number of benzene rings is 1. The first-order valence-electron chi connectivity index (χ1n) is 5.36. The van der Waals surface area contributed by atoms with Gasteiger partial charge in [0, 0.05) is 6.42 Å². The second-order valence-electron chi connectivity index (χ2n) is 3.86. The van der Waals surface area contributed by atoms with Gasteiger partial charge in [0.15, 0.2) is 0 Å². The zero-order valence-electron chi connectivity index (χ0n) is 9.64. The Morgan fingerprint density at radius 2 is 1.94 bits per heavy atom. The molecular formula is C12H12F4O2. The van der Waals surface area contributed by atoms with E-state index in [4.69, 9.17) is 5.11 Å². The summed E-state index contributed by atoms with van der Waals surface area (Å²) in [5.41, 5.74) is -1.15. The van der Waals surface area contributed by atoms with Gasteiger partial charge in [-0.3, -0.25) is 4.79 Å². The molecule has 0 radical (unpaired) electrons. The van der Waals surface area contributed by atoms with Crippen LogP contribution in [-0.4, -0.2) is 11.1 Å². The summed E-state index contributed by atoms with van der Waals surface area (Å²) in [6.45, 7) is 1.49. The summed E-state index contributed by atoms with van der Waals surface area (Å²) >= 11 is 0. The lowest BCUT2D eigenvalue weighted by Gasteiger charge is -2.14. The maximum Gasteiger partial charge on any atom is 0.419 e. The van der Waals surface area contributed by atoms with Crippen LogP contribution in [0.2, 0.25) is 0 Å². The highest BCUT2D eigenvalue weighted by molar-refractivity contribution is 5.67. The summed E-state index contributed by atoms with van der Waals surface area (Å²) in [6, 6.07) is 1.97. The van der Waals surface area contributed by atoms with Crippen LogP contribution in [0.4, 0.5) is 17.6 Å². The third-order valence-electron chi connectivity index (χ3n) is 2.52. The summed E-state index contributed by atoms with van der Waals surface area (Å²) in [5.74, 6) is -2.42. The zero-order chi connectivity index (χ0) is 13.9. The van der Waals surface area contributed by atoms with Crippen LogP contribution in [0.15, 0.2) is 12.1 Å². The Balaban J connectivity index is 3.15.